The lowest BCUT2D eigenvalue weighted by molar-refractivity contribution is -0.241. The molecule has 0 rings (SSSR count). The molecule has 0 saturated carbocycles. The standard InChI is InChI=1S/C12H20F4O2/c1-3-5-6-7-8-9-11(13,12(14,15)16)10(17)18-4-2/h3-9H2,1-2H3. The second-order valence-corrected chi connectivity index (χ2v) is 4.18. The van der Waals surface area contributed by atoms with Gasteiger partial charge in [0.25, 0.3) is 0 Å². The molecule has 0 aromatic carbocycles. The van der Waals surface area contributed by atoms with Crippen LogP contribution in [0.25, 0.3) is 0 Å². The molecule has 0 fully saturated rings. The van der Waals surface area contributed by atoms with Crippen LogP contribution in [-0.4, -0.2) is 24.4 Å². The Labute approximate surface area is 105 Å². The Morgan fingerprint density at radius 2 is 1.56 bits per heavy atom. The number of hydrogen-bond acceptors (Lipinski definition) is 2. The summed E-state index contributed by atoms with van der Waals surface area (Å²) in [5.41, 5.74) is -3.87. The third-order valence-corrected chi connectivity index (χ3v) is 2.67. The first kappa shape index (κ1) is 17.2. The first-order valence-corrected chi connectivity index (χ1v) is 6.22. The van der Waals surface area contributed by atoms with E-state index in [0.29, 0.717) is 6.42 Å². The lowest BCUT2D eigenvalue weighted by Gasteiger charge is -2.25. The number of hydrogen-bond donors (Lipinski definition) is 0. The maximum atomic E-state index is 13.8. The van der Waals surface area contributed by atoms with E-state index in [4.69, 9.17) is 0 Å². The third kappa shape index (κ3) is 4.82. The molecule has 0 saturated heterocycles. The zero-order valence-corrected chi connectivity index (χ0v) is 10.8. The molecular weight excluding hydrogens is 252 g/mol. The highest BCUT2D eigenvalue weighted by atomic mass is 19.4. The molecule has 2 nitrogen and oxygen atoms in total. The molecule has 0 aromatic rings. The predicted molar refractivity (Wildman–Crippen MR) is 59.9 cm³/mol. The van der Waals surface area contributed by atoms with Gasteiger partial charge in [-0.15, -0.1) is 0 Å². The van der Waals surface area contributed by atoms with Crippen molar-refractivity contribution in [1.82, 2.24) is 0 Å². The largest absolute Gasteiger partial charge is 0.463 e. The number of carbonyl (C=O) groups excluding carboxylic acids is 1. The molecule has 0 heterocycles. The minimum Gasteiger partial charge on any atom is -0.463 e. The van der Waals surface area contributed by atoms with Crippen LogP contribution in [-0.2, 0) is 9.53 Å². The van der Waals surface area contributed by atoms with Crippen molar-refractivity contribution in [1.29, 1.82) is 0 Å². The van der Waals surface area contributed by atoms with E-state index >= 15 is 0 Å². The third-order valence-electron chi connectivity index (χ3n) is 2.67. The number of esters is 1. The van der Waals surface area contributed by atoms with E-state index in [1.54, 1.807) is 0 Å². The van der Waals surface area contributed by atoms with E-state index in [0.717, 1.165) is 19.3 Å². The van der Waals surface area contributed by atoms with Crippen LogP contribution in [0.1, 0.15) is 52.4 Å². The fourth-order valence-electron chi connectivity index (χ4n) is 1.58. The van der Waals surface area contributed by atoms with E-state index in [1.807, 2.05) is 6.92 Å². The van der Waals surface area contributed by atoms with Crippen molar-refractivity contribution in [2.75, 3.05) is 6.61 Å². The summed E-state index contributed by atoms with van der Waals surface area (Å²) >= 11 is 0. The zero-order valence-electron chi connectivity index (χ0n) is 10.8. The van der Waals surface area contributed by atoms with Gasteiger partial charge >= 0.3 is 17.8 Å². The minimum absolute atomic E-state index is 0.0226. The molecule has 0 aliphatic heterocycles. The van der Waals surface area contributed by atoms with Crippen LogP contribution in [0.15, 0.2) is 0 Å². The lowest BCUT2D eigenvalue weighted by Crippen LogP contribution is -2.49. The van der Waals surface area contributed by atoms with Crippen LogP contribution in [0.5, 0.6) is 0 Å². The Morgan fingerprint density at radius 1 is 1.00 bits per heavy atom. The lowest BCUT2D eigenvalue weighted by atomic mass is 9.97. The van der Waals surface area contributed by atoms with Gasteiger partial charge in [0.2, 0.25) is 0 Å². The van der Waals surface area contributed by atoms with E-state index in [1.165, 1.54) is 6.92 Å². The monoisotopic (exact) mass is 272 g/mol. The van der Waals surface area contributed by atoms with Gasteiger partial charge < -0.3 is 4.74 Å². The highest BCUT2D eigenvalue weighted by Crippen LogP contribution is 2.39. The second-order valence-electron chi connectivity index (χ2n) is 4.18. The highest BCUT2D eigenvalue weighted by Gasteiger charge is 2.62. The van der Waals surface area contributed by atoms with Crippen LogP contribution in [0.4, 0.5) is 17.6 Å². The summed E-state index contributed by atoms with van der Waals surface area (Å²) in [5.74, 6) is -1.83. The fraction of sp³-hybridized carbons (Fsp3) is 0.917. The topological polar surface area (TPSA) is 26.3 Å². The SMILES string of the molecule is CCCCCCCC(F)(C(=O)OCC)C(F)(F)F. The highest BCUT2D eigenvalue weighted by molar-refractivity contribution is 5.80. The number of alkyl halides is 4. The smallest absolute Gasteiger partial charge is 0.433 e. The Bertz CT molecular complexity index is 253. The van der Waals surface area contributed by atoms with Crippen LogP contribution in [0.2, 0.25) is 0 Å². The Kier molecular flexibility index (Phi) is 7.25. The quantitative estimate of drug-likeness (QED) is 0.376. The summed E-state index contributed by atoms with van der Waals surface area (Å²) in [6.07, 6.45) is -3.00. The van der Waals surface area contributed by atoms with Gasteiger partial charge in [0.05, 0.1) is 6.61 Å². The molecule has 0 aliphatic rings. The van der Waals surface area contributed by atoms with Crippen molar-refractivity contribution in [3.63, 3.8) is 0 Å². The van der Waals surface area contributed by atoms with Crippen LogP contribution < -0.4 is 0 Å². The van der Waals surface area contributed by atoms with Gasteiger partial charge in [-0.25, -0.2) is 9.18 Å². The molecule has 0 aromatic heterocycles. The molecule has 0 radical (unpaired) electrons. The maximum Gasteiger partial charge on any atom is 0.433 e. The van der Waals surface area contributed by atoms with E-state index in [9.17, 15) is 22.4 Å². The van der Waals surface area contributed by atoms with Gasteiger partial charge in [-0.3, -0.25) is 0 Å². The van der Waals surface area contributed by atoms with Gasteiger partial charge in [-0.2, -0.15) is 13.2 Å². The maximum absolute atomic E-state index is 13.8. The van der Waals surface area contributed by atoms with E-state index < -0.39 is 24.2 Å². The molecule has 0 amide bonds. The van der Waals surface area contributed by atoms with Crippen LogP contribution in [0, 0.1) is 0 Å². The first-order valence-electron chi connectivity index (χ1n) is 6.22. The summed E-state index contributed by atoms with van der Waals surface area (Å²) in [4.78, 5) is 11.1. The number of halogens is 4. The van der Waals surface area contributed by atoms with Crippen molar-refractivity contribution >= 4 is 5.97 Å². The molecule has 0 bridgehead atoms. The van der Waals surface area contributed by atoms with Crippen molar-refractivity contribution in [2.24, 2.45) is 0 Å². The predicted octanol–water partition coefficient (Wildman–Crippen LogP) is 4.18. The second kappa shape index (κ2) is 7.59. The molecule has 18 heavy (non-hydrogen) atoms. The van der Waals surface area contributed by atoms with Crippen LogP contribution in [0.3, 0.4) is 0 Å². The number of carbonyl (C=O) groups is 1. The van der Waals surface area contributed by atoms with Crippen LogP contribution >= 0.6 is 0 Å². The van der Waals surface area contributed by atoms with Crippen molar-refractivity contribution in [3.8, 4) is 0 Å². The summed E-state index contributed by atoms with van der Waals surface area (Å²) in [7, 11) is 0. The average Bonchev–Trinajstić information content (AvgIpc) is 2.27. The molecular formula is C12H20F4O2. The molecule has 108 valence electrons. The van der Waals surface area contributed by atoms with Gasteiger partial charge in [0.15, 0.2) is 0 Å². The molecule has 0 spiro atoms. The zero-order chi connectivity index (χ0) is 14.2. The van der Waals surface area contributed by atoms with Gasteiger partial charge in [-0.1, -0.05) is 32.6 Å². The molecule has 0 N–H and O–H groups in total. The van der Waals surface area contributed by atoms with E-state index in [2.05, 4.69) is 4.74 Å². The first-order chi connectivity index (χ1) is 8.29. The molecule has 0 aliphatic carbocycles. The molecule has 6 heteroatoms. The van der Waals surface area contributed by atoms with Gasteiger partial charge in [0.1, 0.15) is 0 Å². The summed E-state index contributed by atoms with van der Waals surface area (Å²) in [6.45, 7) is 3.04. The molecule has 1 unspecified atom stereocenters. The van der Waals surface area contributed by atoms with Gasteiger partial charge in [0, 0.05) is 6.42 Å². The summed E-state index contributed by atoms with van der Waals surface area (Å²) in [6, 6.07) is 0. The fourth-order valence-corrected chi connectivity index (χ4v) is 1.58. The van der Waals surface area contributed by atoms with Crippen molar-refractivity contribution < 1.29 is 27.1 Å². The summed E-state index contributed by atoms with van der Waals surface area (Å²) < 4.78 is 55.7. The average molecular weight is 272 g/mol. The van der Waals surface area contributed by atoms with Crippen molar-refractivity contribution in [2.45, 2.75) is 64.2 Å². The Balaban J connectivity index is 4.45. The summed E-state index contributed by atoms with van der Waals surface area (Å²) in [5, 5.41) is 0. The van der Waals surface area contributed by atoms with E-state index in [-0.39, 0.29) is 13.0 Å². The number of ether oxygens (including phenoxy) is 1. The number of rotatable bonds is 8. The van der Waals surface area contributed by atoms with Crippen molar-refractivity contribution in [3.05, 3.63) is 0 Å². The number of unbranched alkanes of at least 4 members (excludes halogenated alkanes) is 4. The normalized spacial score (nSPS) is 15.2. The van der Waals surface area contributed by atoms with Gasteiger partial charge in [-0.05, 0) is 13.3 Å². The Morgan fingerprint density at radius 3 is 2.00 bits per heavy atom. The minimum atomic E-state index is -5.22. The Hall–Kier alpha value is -0.810. The molecule has 1 atom stereocenters.